The van der Waals surface area contributed by atoms with E-state index in [9.17, 15) is 0 Å². The summed E-state index contributed by atoms with van der Waals surface area (Å²) in [5, 5.41) is 0. The fraction of sp³-hybridized carbons (Fsp3) is 0.273. The minimum Gasteiger partial charge on any atom is -0.397 e. The number of nitrogens with two attached hydrogens (primary N) is 3. The Morgan fingerprint density at radius 2 is 2.07 bits per heavy atom. The summed E-state index contributed by atoms with van der Waals surface area (Å²) in [6.07, 6.45) is 2.54. The smallest absolute Gasteiger partial charge is 0.0577 e. The first-order chi connectivity index (χ1) is 6.56. The Morgan fingerprint density at radius 1 is 1.43 bits per heavy atom. The quantitative estimate of drug-likeness (QED) is 0.503. The van der Waals surface area contributed by atoms with E-state index in [4.69, 9.17) is 17.2 Å². The van der Waals surface area contributed by atoms with Crippen LogP contribution >= 0.6 is 0 Å². The first kappa shape index (κ1) is 10.6. The highest BCUT2D eigenvalue weighted by Gasteiger charge is 2.07. The number of hydrogen-bond donors (Lipinski definition) is 3. The molecule has 1 aromatic carbocycles. The summed E-state index contributed by atoms with van der Waals surface area (Å²) in [6.45, 7) is 5.58. The number of benzene rings is 1. The molecule has 1 rings (SSSR count). The van der Waals surface area contributed by atoms with Crippen molar-refractivity contribution in [1.29, 1.82) is 0 Å². The van der Waals surface area contributed by atoms with E-state index in [0.717, 1.165) is 17.5 Å². The maximum absolute atomic E-state index is 5.93. The molecule has 0 spiro atoms. The number of nitrogen functional groups attached to an aromatic ring is 2. The van der Waals surface area contributed by atoms with Gasteiger partial charge in [-0.15, -0.1) is 6.58 Å². The van der Waals surface area contributed by atoms with Crippen molar-refractivity contribution in [2.24, 2.45) is 5.73 Å². The summed E-state index contributed by atoms with van der Waals surface area (Å²) >= 11 is 0. The Kier molecular flexibility index (Phi) is 3.14. The van der Waals surface area contributed by atoms with E-state index >= 15 is 0 Å². The molecule has 0 aliphatic heterocycles. The van der Waals surface area contributed by atoms with Crippen LogP contribution in [0.5, 0.6) is 0 Å². The van der Waals surface area contributed by atoms with E-state index < -0.39 is 0 Å². The molecule has 0 bridgehead atoms. The molecule has 0 amide bonds. The second-order valence-electron chi connectivity index (χ2n) is 3.47. The molecule has 1 aromatic rings. The Morgan fingerprint density at radius 3 is 2.57 bits per heavy atom. The van der Waals surface area contributed by atoms with Crippen molar-refractivity contribution in [1.82, 2.24) is 0 Å². The van der Waals surface area contributed by atoms with E-state index in [2.05, 4.69) is 6.58 Å². The van der Waals surface area contributed by atoms with Gasteiger partial charge >= 0.3 is 0 Å². The van der Waals surface area contributed by atoms with Gasteiger partial charge in [-0.05, 0) is 30.5 Å². The normalized spacial score (nSPS) is 12.4. The van der Waals surface area contributed by atoms with Crippen LogP contribution in [-0.2, 0) is 0 Å². The summed E-state index contributed by atoms with van der Waals surface area (Å²) < 4.78 is 0. The Hall–Kier alpha value is -1.48. The number of rotatable bonds is 3. The Balaban J connectivity index is 3.05. The molecule has 0 aliphatic carbocycles. The monoisotopic (exact) mass is 191 g/mol. The van der Waals surface area contributed by atoms with Crippen LogP contribution in [0.2, 0.25) is 0 Å². The van der Waals surface area contributed by atoms with Crippen LogP contribution in [0.3, 0.4) is 0 Å². The molecule has 1 unspecified atom stereocenters. The van der Waals surface area contributed by atoms with Crippen LogP contribution in [0, 0.1) is 6.92 Å². The zero-order chi connectivity index (χ0) is 10.7. The number of aryl methyl sites for hydroxylation is 1. The van der Waals surface area contributed by atoms with E-state index in [1.165, 1.54) is 0 Å². The molecule has 0 radical (unpaired) electrons. The minimum absolute atomic E-state index is 0.0471. The van der Waals surface area contributed by atoms with Crippen LogP contribution < -0.4 is 17.2 Å². The molecule has 6 N–H and O–H groups in total. The van der Waals surface area contributed by atoms with Crippen molar-refractivity contribution in [3.63, 3.8) is 0 Å². The zero-order valence-electron chi connectivity index (χ0n) is 8.46. The maximum atomic E-state index is 5.93. The molecule has 0 saturated heterocycles. The fourth-order valence-corrected chi connectivity index (χ4v) is 1.38. The standard InChI is InChI=1S/C11H17N3/c1-3-4-9(12)8-5-7(2)11(14)10(13)6-8/h3,5-6,9H,1,4,12-14H2,2H3. The summed E-state index contributed by atoms with van der Waals surface area (Å²) in [7, 11) is 0. The van der Waals surface area contributed by atoms with Gasteiger partial charge in [-0.3, -0.25) is 0 Å². The Labute approximate surface area is 84.6 Å². The molecule has 0 aromatic heterocycles. The third-order valence-corrected chi connectivity index (χ3v) is 2.29. The average Bonchev–Trinajstić information content (AvgIpc) is 2.13. The largest absolute Gasteiger partial charge is 0.397 e. The predicted octanol–water partition coefficient (Wildman–Crippen LogP) is 1.74. The molecule has 3 heteroatoms. The topological polar surface area (TPSA) is 78.1 Å². The highest BCUT2D eigenvalue weighted by molar-refractivity contribution is 5.68. The van der Waals surface area contributed by atoms with E-state index in [1.54, 1.807) is 6.08 Å². The van der Waals surface area contributed by atoms with Crippen molar-refractivity contribution < 1.29 is 0 Å². The van der Waals surface area contributed by atoms with Gasteiger partial charge in [0.15, 0.2) is 0 Å². The van der Waals surface area contributed by atoms with Gasteiger partial charge in [0.2, 0.25) is 0 Å². The first-order valence-electron chi connectivity index (χ1n) is 4.58. The fourth-order valence-electron chi connectivity index (χ4n) is 1.38. The minimum atomic E-state index is -0.0471. The molecule has 0 heterocycles. The lowest BCUT2D eigenvalue weighted by Crippen LogP contribution is -2.10. The van der Waals surface area contributed by atoms with E-state index in [1.807, 2.05) is 19.1 Å². The third-order valence-electron chi connectivity index (χ3n) is 2.29. The van der Waals surface area contributed by atoms with Gasteiger partial charge in [0.1, 0.15) is 0 Å². The zero-order valence-corrected chi connectivity index (χ0v) is 8.46. The van der Waals surface area contributed by atoms with Crippen molar-refractivity contribution in [2.45, 2.75) is 19.4 Å². The summed E-state index contributed by atoms with van der Waals surface area (Å²) in [5.41, 5.74) is 20.6. The SMILES string of the molecule is C=CCC(N)c1cc(C)c(N)c(N)c1. The predicted molar refractivity (Wildman–Crippen MR) is 61.7 cm³/mol. The van der Waals surface area contributed by atoms with Gasteiger partial charge in [-0.1, -0.05) is 12.1 Å². The van der Waals surface area contributed by atoms with E-state index in [-0.39, 0.29) is 6.04 Å². The second kappa shape index (κ2) is 4.15. The van der Waals surface area contributed by atoms with Gasteiger partial charge in [0.25, 0.3) is 0 Å². The highest BCUT2D eigenvalue weighted by Crippen LogP contribution is 2.25. The maximum Gasteiger partial charge on any atom is 0.0577 e. The van der Waals surface area contributed by atoms with Crippen molar-refractivity contribution >= 4 is 11.4 Å². The Bertz CT molecular complexity index is 321. The highest BCUT2D eigenvalue weighted by atomic mass is 14.7. The average molecular weight is 191 g/mol. The van der Waals surface area contributed by atoms with Crippen LogP contribution in [0.15, 0.2) is 24.8 Å². The van der Waals surface area contributed by atoms with Gasteiger partial charge in [-0.2, -0.15) is 0 Å². The number of hydrogen-bond acceptors (Lipinski definition) is 3. The summed E-state index contributed by atoms with van der Waals surface area (Å²) in [5.74, 6) is 0. The van der Waals surface area contributed by atoms with E-state index in [0.29, 0.717) is 11.4 Å². The molecule has 0 saturated carbocycles. The third kappa shape index (κ3) is 2.06. The molecule has 0 aliphatic rings. The van der Waals surface area contributed by atoms with Crippen molar-refractivity contribution in [3.8, 4) is 0 Å². The lowest BCUT2D eigenvalue weighted by atomic mass is 10.0. The van der Waals surface area contributed by atoms with Crippen LogP contribution in [0.25, 0.3) is 0 Å². The molecule has 14 heavy (non-hydrogen) atoms. The first-order valence-corrected chi connectivity index (χ1v) is 4.58. The lowest BCUT2D eigenvalue weighted by Gasteiger charge is -2.13. The van der Waals surface area contributed by atoms with Crippen LogP contribution in [0.1, 0.15) is 23.6 Å². The number of anilines is 2. The lowest BCUT2D eigenvalue weighted by molar-refractivity contribution is 0.741. The molecule has 0 fully saturated rings. The molecule has 76 valence electrons. The second-order valence-corrected chi connectivity index (χ2v) is 3.47. The van der Waals surface area contributed by atoms with Gasteiger partial charge < -0.3 is 17.2 Å². The van der Waals surface area contributed by atoms with Crippen molar-refractivity contribution in [2.75, 3.05) is 11.5 Å². The summed E-state index contributed by atoms with van der Waals surface area (Å²) in [4.78, 5) is 0. The van der Waals surface area contributed by atoms with Gasteiger partial charge in [0, 0.05) is 6.04 Å². The van der Waals surface area contributed by atoms with Gasteiger partial charge in [-0.25, -0.2) is 0 Å². The molecule has 3 nitrogen and oxygen atoms in total. The van der Waals surface area contributed by atoms with Gasteiger partial charge in [0.05, 0.1) is 11.4 Å². The van der Waals surface area contributed by atoms with Crippen molar-refractivity contribution in [3.05, 3.63) is 35.9 Å². The molecular formula is C11H17N3. The van der Waals surface area contributed by atoms with Crippen LogP contribution in [0.4, 0.5) is 11.4 Å². The molecular weight excluding hydrogens is 174 g/mol. The van der Waals surface area contributed by atoms with Crippen LogP contribution in [-0.4, -0.2) is 0 Å². The molecule has 1 atom stereocenters. The summed E-state index contributed by atoms with van der Waals surface area (Å²) in [6, 6.07) is 3.75.